The van der Waals surface area contributed by atoms with E-state index in [1.807, 2.05) is 23.5 Å². The number of hydrogen-bond donors (Lipinski definition) is 1. The molecule has 2 amide bonds. The predicted octanol–water partition coefficient (Wildman–Crippen LogP) is 2.82. The molecule has 0 aliphatic rings. The van der Waals surface area contributed by atoms with Crippen LogP contribution in [0.2, 0.25) is 0 Å². The van der Waals surface area contributed by atoms with Crippen LogP contribution in [0.1, 0.15) is 10.4 Å². The average Bonchev–Trinajstić information content (AvgIpc) is 2.76. The molecule has 0 aliphatic carbocycles. The molecule has 0 unspecified atom stereocenters. The second-order valence-corrected chi connectivity index (χ2v) is 6.92. The van der Waals surface area contributed by atoms with Gasteiger partial charge in [0.2, 0.25) is 0 Å². The van der Waals surface area contributed by atoms with Gasteiger partial charge in [0.25, 0.3) is 11.8 Å². The standard InChI is InChI=1S/C20H15F2N3O5S/c21-20(22)30-13-7-5-12(6-8-13)19(28)25-16(26)10-29-18(27)11-31-17-9-23-14-3-1-2-4-15(14)24-17/h1-9,20H,10-11H2,(H,25,26,28). The van der Waals surface area contributed by atoms with Gasteiger partial charge < -0.3 is 9.47 Å². The zero-order valence-electron chi connectivity index (χ0n) is 15.8. The molecule has 0 fully saturated rings. The van der Waals surface area contributed by atoms with Gasteiger partial charge in [0.15, 0.2) is 6.61 Å². The van der Waals surface area contributed by atoms with E-state index in [1.165, 1.54) is 30.5 Å². The summed E-state index contributed by atoms with van der Waals surface area (Å²) in [6, 6.07) is 12.0. The number of imide groups is 1. The van der Waals surface area contributed by atoms with Crippen molar-refractivity contribution in [2.45, 2.75) is 11.6 Å². The highest BCUT2D eigenvalue weighted by Crippen LogP contribution is 2.18. The van der Waals surface area contributed by atoms with Gasteiger partial charge in [-0.3, -0.25) is 24.7 Å². The quantitative estimate of drug-likeness (QED) is 0.415. The summed E-state index contributed by atoms with van der Waals surface area (Å²) in [6.45, 7) is -3.64. The maximum atomic E-state index is 12.1. The molecule has 0 saturated heterocycles. The highest BCUT2D eigenvalue weighted by atomic mass is 32.2. The SMILES string of the molecule is O=C(COC(=O)CSc1cnc2ccccc2n1)NC(=O)c1ccc(OC(F)F)cc1. The molecule has 0 bridgehead atoms. The summed E-state index contributed by atoms with van der Waals surface area (Å²) >= 11 is 1.10. The Kier molecular flexibility index (Phi) is 7.44. The number of benzene rings is 2. The molecule has 1 heterocycles. The average molecular weight is 447 g/mol. The summed E-state index contributed by atoms with van der Waals surface area (Å²) in [7, 11) is 0. The molecule has 0 aliphatic heterocycles. The zero-order valence-corrected chi connectivity index (χ0v) is 16.6. The van der Waals surface area contributed by atoms with Crippen LogP contribution in [0.5, 0.6) is 5.75 Å². The second-order valence-electron chi connectivity index (χ2n) is 5.93. The van der Waals surface area contributed by atoms with Crippen molar-refractivity contribution in [2.75, 3.05) is 12.4 Å². The van der Waals surface area contributed by atoms with E-state index < -0.39 is 31.0 Å². The van der Waals surface area contributed by atoms with E-state index in [1.54, 1.807) is 6.07 Å². The number of fused-ring (bicyclic) bond motifs is 1. The van der Waals surface area contributed by atoms with E-state index >= 15 is 0 Å². The first-order chi connectivity index (χ1) is 14.9. The summed E-state index contributed by atoms with van der Waals surface area (Å²) in [5.41, 5.74) is 1.46. The van der Waals surface area contributed by atoms with Gasteiger partial charge in [0.1, 0.15) is 10.8 Å². The van der Waals surface area contributed by atoms with Crippen LogP contribution in [-0.4, -0.2) is 46.7 Å². The van der Waals surface area contributed by atoms with Crippen LogP contribution in [0.15, 0.2) is 59.8 Å². The van der Waals surface area contributed by atoms with Crippen LogP contribution in [0.3, 0.4) is 0 Å². The Morgan fingerprint density at radius 2 is 1.74 bits per heavy atom. The van der Waals surface area contributed by atoms with Gasteiger partial charge >= 0.3 is 12.6 Å². The van der Waals surface area contributed by atoms with Gasteiger partial charge in [0.05, 0.1) is 23.0 Å². The summed E-state index contributed by atoms with van der Waals surface area (Å²) in [6.07, 6.45) is 1.53. The fraction of sp³-hybridized carbons (Fsp3) is 0.150. The van der Waals surface area contributed by atoms with E-state index in [4.69, 9.17) is 4.74 Å². The number of esters is 1. The van der Waals surface area contributed by atoms with Crippen LogP contribution in [0, 0.1) is 0 Å². The van der Waals surface area contributed by atoms with Gasteiger partial charge in [-0.05, 0) is 36.4 Å². The van der Waals surface area contributed by atoms with Crippen molar-refractivity contribution < 1.29 is 32.6 Å². The molecule has 0 spiro atoms. The number of amides is 2. The van der Waals surface area contributed by atoms with E-state index in [9.17, 15) is 23.2 Å². The van der Waals surface area contributed by atoms with Gasteiger partial charge in [-0.15, -0.1) is 0 Å². The number of aromatic nitrogens is 2. The molecule has 0 atom stereocenters. The number of carbonyl (C=O) groups excluding carboxylic acids is 3. The molecule has 3 rings (SSSR count). The Morgan fingerprint density at radius 1 is 1.03 bits per heavy atom. The maximum absolute atomic E-state index is 12.1. The minimum absolute atomic E-state index is 0.0479. The number of carbonyl (C=O) groups is 3. The molecule has 160 valence electrons. The normalized spacial score (nSPS) is 10.7. The second kappa shape index (κ2) is 10.4. The van der Waals surface area contributed by atoms with Crippen molar-refractivity contribution in [2.24, 2.45) is 0 Å². The molecule has 1 aromatic heterocycles. The van der Waals surface area contributed by atoms with E-state index in [2.05, 4.69) is 14.7 Å². The first-order valence-corrected chi connectivity index (χ1v) is 9.78. The highest BCUT2D eigenvalue weighted by molar-refractivity contribution is 7.99. The first-order valence-electron chi connectivity index (χ1n) is 8.80. The summed E-state index contributed by atoms with van der Waals surface area (Å²) in [4.78, 5) is 44.2. The molecule has 8 nitrogen and oxygen atoms in total. The smallest absolute Gasteiger partial charge is 0.387 e. The van der Waals surface area contributed by atoms with Gasteiger partial charge in [0, 0.05) is 5.56 Å². The Labute approximate surface area is 179 Å². The number of nitrogens with zero attached hydrogens (tertiary/aromatic N) is 2. The number of nitrogens with one attached hydrogen (secondary N) is 1. The topological polar surface area (TPSA) is 107 Å². The lowest BCUT2D eigenvalue weighted by molar-refractivity contribution is -0.145. The maximum Gasteiger partial charge on any atom is 0.387 e. The Bertz CT molecular complexity index is 1100. The van der Waals surface area contributed by atoms with Crippen LogP contribution in [0.4, 0.5) is 8.78 Å². The van der Waals surface area contributed by atoms with Crippen molar-refractivity contribution in [1.29, 1.82) is 0 Å². The molecular formula is C20H15F2N3O5S. The lowest BCUT2D eigenvalue weighted by Gasteiger charge is -2.07. The largest absolute Gasteiger partial charge is 0.455 e. The summed E-state index contributed by atoms with van der Waals surface area (Å²) < 4.78 is 33.2. The molecule has 3 aromatic rings. The molecule has 2 aromatic carbocycles. The van der Waals surface area contributed by atoms with E-state index in [0.29, 0.717) is 10.5 Å². The summed E-state index contributed by atoms with van der Waals surface area (Å²) in [5.74, 6) is -2.50. The fourth-order valence-corrected chi connectivity index (χ4v) is 2.99. The fourth-order valence-electron chi connectivity index (χ4n) is 2.35. The number of ether oxygens (including phenoxy) is 2. The zero-order chi connectivity index (χ0) is 22.2. The van der Waals surface area contributed by atoms with Gasteiger partial charge in [-0.25, -0.2) is 4.98 Å². The molecule has 0 radical (unpaired) electrons. The van der Waals surface area contributed by atoms with Crippen molar-refractivity contribution >= 4 is 40.6 Å². The third-order valence-electron chi connectivity index (χ3n) is 3.72. The Balaban J connectivity index is 1.42. The van der Waals surface area contributed by atoms with Crippen LogP contribution >= 0.6 is 11.8 Å². The lowest BCUT2D eigenvalue weighted by Crippen LogP contribution is -2.34. The number of halogens is 2. The molecule has 1 N–H and O–H groups in total. The highest BCUT2D eigenvalue weighted by Gasteiger charge is 2.14. The first kappa shape index (κ1) is 22.1. The van der Waals surface area contributed by atoms with Crippen LogP contribution in [-0.2, 0) is 14.3 Å². The van der Waals surface area contributed by atoms with Crippen LogP contribution < -0.4 is 10.1 Å². The lowest BCUT2D eigenvalue weighted by atomic mass is 10.2. The predicted molar refractivity (Wildman–Crippen MR) is 107 cm³/mol. The number of thioether (sulfide) groups is 1. The monoisotopic (exact) mass is 447 g/mol. The minimum atomic E-state index is -2.98. The molecular weight excluding hydrogens is 432 g/mol. The van der Waals surface area contributed by atoms with E-state index in [0.717, 1.165) is 17.3 Å². The number of alkyl halides is 2. The number of para-hydroxylation sites is 2. The van der Waals surface area contributed by atoms with E-state index in [-0.39, 0.29) is 17.1 Å². The van der Waals surface area contributed by atoms with Gasteiger partial charge in [-0.2, -0.15) is 8.78 Å². The molecule has 11 heteroatoms. The minimum Gasteiger partial charge on any atom is -0.455 e. The molecule has 31 heavy (non-hydrogen) atoms. The van der Waals surface area contributed by atoms with Crippen molar-refractivity contribution in [3.63, 3.8) is 0 Å². The number of hydrogen-bond acceptors (Lipinski definition) is 8. The third-order valence-corrected chi connectivity index (χ3v) is 4.60. The van der Waals surface area contributed by atoms with Crippen molar-refractivity contribution in [3.05, 3.63) is 60.3 Å². The van der Waals surface area contributed by atoms with Crippen LogP contribution in [0.25, 0.3) is 11.0 Å². The third kappa shape index (κ3) is 6.71. The summed E-state index contributed by atoms with van der Waals surface area (Å²) in [5, 5.41) is 2.56. The number of rotatable bonds is 8. The van der Waals surface area contributed by atoms with Crippen molar-refractivity contribution in [1.82, 2.24) is 15.3 Å². The Morgan fingerprint density at radius 3 is 2.45 bits per heavy atom. The Hall–Kier alpha value is -3.60. The van der Waals surface area contributed by atoms with Crippen molar-refractivity contribution in [3.8, 4) is 5.75 Å². The van der Waals surface area contributed by atoms with Gasteiger partial charge in [-0.1, -0.05) is 23.9 Å². The molecule has 0 saturated carbocycles.